The summed E-state index contributed by atoms with van der Waals surface area (Å²) in [4.78, 5) is 0. The molecule has 1 spiro atoms. The Morgan fingerprint density at radius 2 is 1.78 bits per heavy atom. The molecule has 138 valence electrons. The van der Waals surface area contributed by atoms with Crippen LogP contribution in [-0.4, -0.2) is 25.5 Å². The van der Waals surface area contributed by atoms with E-state index >= 15 is 0 Å². The van der Waals surface area contributed by atoms with Crippen LogP contribution in [0.25, 0.3) is 20.2 Å². The summed E-state index contributed by atoms with van der Waals surface area (Å²) in [7, 11) is -3.08. The number of hydrogen-bond acceptors (Lipinski definition) is 4. The monoisotopic (exact) mass is 395 g/mol. The lowest BCUT2D eigenvalue weighted by atomic mass is 9.92. The number of rotatable bonds is 1. The van der Waals surface area contributed by atoms with Crippen LogP contribution in [0.2, 0.25) is 0 Å². The molecule has 1 unspecified atom stereocenters. The highest BCUT2D eigenvalue weighted by Crippen LogP contribution is 2.48. The van der Waals surface area contributed by atoms with Gasteiger partial charge in [-0.05, 0) is 62.6 Å². The van der Waals surface area contributed by atoms with Gasteiger partial charge in [0, 0.05) is 32.3 Å². The quantitative estimate of drug-likeness (QED) is 0.629. The van der Waals surface area contributed by atoms with Gasteiger partial charge in [0.1, 0.15) is 0 Å². The molecule has 5 heteroatoms. The summed E-state index contributed by atoms with van der Waals surface area (Å²) >= 11 is 1.77. The average Bonchev–Trinajstić information content (AvgIpc) is 3.34. The standard InChI is InChI=1S/C22H21NO2S2/c1-3-4-15-5-7-19-17(11-15)18-12-16(6-8-20(18)26-19)21(2)14-27(24,25)22(9-10-22)13-23-21/h5-8,11-12,23H,9-10,13-14H2,1-2H3. The first-order chi connectivity index (χ1) is 12.9. The van der Waals surface area contributed by atoms with E-state index in [1.54, 1.807) is 11.3 Å². The molecule has 5 rings (SSSR count). The molecule has 1 saturated heterocycles. The number of sulfone groups is 1. The van der Waals surface area contributed by atoms with Crippen molar-refractivity contribution in [2.45, 2.75) is 37.0 Å². The van der Waals surface area contributed by atoms with Gasteiger partial charge in [0.15, 0.2) is 9.84 Å². The third-order valence-electron chi connectivity index (χ3n) is 6.12. The van der Waals surface area contributed by atoms with Crippen LogP contribution in [0.3, 0.4) is 0 Å². The summed E-state index contributed by atoms with van der Waals surface area (Å²) in [5, 5.41) is 5.93. The van der Waals surface area contributed by atoms with Crippen molar-refractivity contribution in [1.29, 1.82) is 0 Å². The molecule has 2 aliphatic rings. The van der Waals surface area contributed by atoms with Crippen molar-refractivity contribution in [3.05, 3.63) is 47.5 Å². The van der Waals surface area contributed by atoms with Gasteiger partial charge < -0.3 is 5.32 Å². The highest BCUT2D eigenvalue weighted by molar-refractivity contribution is 7.93. The molecule has 27 heavy (non-hydrogen) atoms. The zero-order valence-corrected chi connectivity index (χ0v) is 17.1. The summed E-state index contributed by atoms with van der Waals surface area (Å²) in [6.07, 6.45) is 1.60. The Morgan fingerprint density at radius 1 is 1.07 bits per heavy atom. The molecule has 1 saturated carbocycles. The van der Waals surface area contributed by atoms with Crippen LogP contribution in [0, 0.1) is 11.8 Å². The third-order valence-corrected chi connectivity index (χ3v) is 10.1. The molecular weight excluding hydrogens is 374 g/mol. The van der Waals surface area contributed by atoms with Crippen LogP contribution in [0.4, 0.5) is 0 Å². The minimum Gasteiger partial charge on any atom is -0.305 e. The van der Waals surface area contributed by atoms with Crippen molar-refractivity contribution in [3.8, 4) is 11.8 Å². The Balaban J connectivity index is 1.64. The molecule has 1 aromatic heterocycles. The van der Waals surface area contributed by atoms with E-state index in [0.29, 0.717) is 6.54 Å². The molecule has 1 N–H and O–H groups in total. The fourth-order valence-corrected chi connectivity index (χ4v) is 7.62. The molecule has 1 atom stereocenters. The normalized spacial score (nSPS) is 25.4. The van der Waals surface area contributed by atoms with Crippen LogP contribution in [-0.2, 0) is 15.4 Å². The van der Waals surface area contributed by atoms with E-state index in [-0.39, 0.29) is 5.75 Å². The molecule has 0 bridgehead atoms. The lowest BCUT2D eigenvalue weighted by Gasteiger charge is -2.39. The SMILES string of the molecule is CC#Cc1ccc2sc3ccc(C4(C)CS(=O)(=O)C5(CC5)CN4)cc3c2c1. The Labute approximate surface area is 163 Å². The molecule has 2 fully saturated rings. The predicted molar refractivity (Wildman–Crippen MR) is 113 cm³/mol. The van der Waals surface area contributed by atoms with Gasteiger partial charge in [-0.15, -0.1) is 17.3 Å². The summed E-state index contributed by atoms with van der Waals surface area (Å²) in [6.45, 7) is 4.42. The van der Waals surface area contributed by atoms with Crippen molar-refractivity contribution in [2.24, 2.45) is 0 Å². The smallest absolute Gasteiger partial charge is 0.159 e. The Kier molecular flexibility index (Phi) is 3.56. The second-order valence-corrected chi connectivity index (χ2v) is 11.5. The number of benzene rings is 2. The van der Waals surface area contributed by atoms with E-state index in [2.05, 4.69) is 53.6 Å². The fraction of sp³-hybridized carbons (Fsp3) is 0.364. The van der Waals surface area contributed by atoms with E-state index in [0.717, 1.165) is 24.0 Å². The van der Waals surface area contributed by atoms with E-state index in [9.17, 15) is 8.42 Å². The highest BCUT2D eigenvalue weighted by Gasteiger charge is 2.59. The van der Waals surface area contributed by atoms with Gasteiger partial charge in [0.05, 0.1) is 16.0 Å². The zero-order valence-electron chi connectivity index (χ0n) is 15.4. The van der Waals surface area contributed by atoms with Crippen molar-refractivity contribution in [1.82, 2.24) is 5.32 Å². The predicted octanol–water partition coefficient (Wildman–Crippen LogP) is 4.19. The lowest BCUT2D eigenvalue weighted by Crippen LogP contribution is -2.57. The molecular formula is C22H21NO2S2. The van der Waals surface area contributed by atoms with E-state index < -0.39 is 20.1 Å². The maximum atomic E-state index is 12.8. The fourth-order valence-electron chi connectivity index (χ4n) is 4.21. The van der Waals surface area contributed by atoms with Gasteiger partial charge in [0.2, 0.25) is 0 Å². The summed E-state index contributed by atoms with van der Waals surface area (Å²) in [5.41, 5.74) is 1.51. The first-order valence-corrected chi connectivity index (χ1v) is 11.7. The Bertz CT molecular complexity index is 1260. The second-order valence-electron chi connectivity index (χ2n) is 8.03. The summed E-state index contributed by atoms with van der Waals surface area (Å²) in [5.74, 6) is 6.25. The molecule has 0 amide bonds. The van der Waals surface area contributed by atoms with Crippen molar-refractivity contribution in [2.75, 3.05) is 12.3 Å². The number of thiophene rings is 1. The van der Waals surface area contributed by atoms with Crippen LogP contribution in [0.1, 0.15) is 37.8 Å². The van der Waals surface area contributed by atoms with Crippen LogP contribution in [0.15, 0.2) is 36.4 Å². The minimum absolute atomic E-state index is 0.167. The van der Waals surface area contributed by atoms with Gasteiger partial charge in [-0.1, -0.05) is 12.0 Å². The Morgan fingerprint density at radius 3 is 2.44 bits per heavy atom. The first-order valence-electron chi connectivity index (χ1n) is 9.23. The Hall–Kier alpha value is -1.87. The first kappa shape index (κ1) is 17.2. The summed E-state index contributed by atoms with van der Waals surface area (Å²) < 4.78 is 27.7. The number of fused-ring (bicyclic) bond motifs is 3. The molecule has 3 aromatic rings. The maximum Gasteiger partial charge on any atom is 0.159 e. The van der Waals surface area contributed by atoms with Gasteiger partial charge in [-0.3, -0.25) is 0 Å². The highest BCUT2D eigenvalue weighted by atomic mass is 32.2. The second kappa shape index (κ2) is 5.57. The van der Waals surface area contributed by atoms with Crippen LogP contribution >= 0.6 is 11.3 Å². The van der Waals surface area contributed by atoms with Gasteiger partial charge in [-0.2, -0.15) is 0 Å². The van der Waals surface area contributed by atoms with E-state index in [4.69, 9.17) is 0 Å². The van der Waals surface area contributed by atoms with E-state index in [1.165, 1.54) is 20.2 Å². The molecule has 0 radical (unpaired) electrons. The van der Waals surface area contributed by atoms with Gasteiger partial charge in [0.25, 0.3) is 0 Å². The van der Waals surface area contributed by atoms with Crippen molar-refractivity contribution < 1.29 is 8.42 Å². The minimum atomic E-state index is -3.08. The molecule has 1 aliphatic carbocycles. The van der Waals surface area contributed by atoms with Crippen LogP contribution < -0.4 is 5.32 Å². The van der Waals surface area contributed by atoms with Crippen LogP contribution in [0.5, 0.6) is 0 Å². The number of nitrogens with one attached hydrogen (secondary N) is 1. The topological polar surface area (TPSA) is 46.2 Å². The molecule has 2 heterocycles. The van der Waals surface area contributed by atoms with Crippen molar-refractivity contribution >= 4 is 41.3 Å². The molecule has 2 aromatic carbocycles. The maximum absolute atomic E-state index is 12.8. The van der Waals surface area contributed by atoms with Gasteiger partial charge >= 0.3 is 0 Å². The average molecular weight is 396 g/mol. The summed E-state index contributed by atoms with van der Waals surface area (Å²) in [6, 6.07) is 12.7. The van der Waals surface area contributed by atoms with E-state index in [1.807, 2.05) is 13.8 Å². The zero-order chi connectivity index (χ0) is 18.9. The van der Waals surface area contributed by atoms with Gasteiger partial charge in [-0.25, -0.2) is 8.42 Å². The molecule has 3 nitrogen and oxygen atoms in total. The van der Waals surface area contributed by atoms with Crippen molar-refractivity contribution in [3.63, 3.8) is 0 Å². The largest absolute Gasteiger partial charge is 0.305 e. The lowest BCUT2D eigenvalue weighted by molar-refractivity contribution is 0.371. The molecule has 1 aliphatic heterocycles. The third kappa shape index (κ3) is 2.55. The number of hydrogen-bond donors (Lipinski definition) is 1.